The fourth-order valence-electron chi connectivity index (χ4n) is 1.67. The molecule has 0 bridgehead atoms. The number of carboxylic acids is 1. The van der Waals surface area contributed by atoms with Crippen molar-refractivity contribution >= 4 is 21.9 Å². The molecular weight excluding hydrogens is 306 g/mol. The van der Waals surface area contributed by atoms with Crippen molar-refractivity contribution in [3.8, 4) is 22.8 Å². The summed E-state index contributed by atoms with van der Waals surface area (Å²) in [7, 11) is 0. The molecule has 0 aliphatic carbocycles. The third-order valence-corrected chi connectivity index (χ3v) is 2.89. The molecule has 6 nitrogen and oxygen atoms in total. The monoisotopic (exact) mass is 311 g/mol. The molecular formula is C11H6BrNO5. The maximum Gasteiger partial charge on any atom is 0.374 e. The molecule has 7 heteroatoms. The predicted octanol–water partition coefficient (Wildman–Crippen LogP) is 2.53. The van der Waals surface area contributed by atoms with Crippen LogP contribution in [-0.4, -0.2) is 23.0 Å². The molecule has 0 saturated carbocycles. The standard InChI is InChI=1S/C11H6BrNO5/c12-5-1-6(10-8(2-5)16-4-17-10)7-3-9(11(14)15)18-13-7/h1-3H,4H2,(H,14,15). The number of ether oxygens (including phenoxy) is 2. The van der Waals surface area contributed by atoms with Gasteiger partial charge in [-0.1, -0.05) is 21.1 Å². The first-order valence-corrected chi connectivity index (χ1v) is 5.74. The smallest absolute Gasteiger partial charge is 0.374 e. The number of hydrogen-bond donors (Lipinski definition) is 1. The fraction of sp³-hybridized carbons (Fsp3) is 0.0909. The molecule has 3 rings (SSSR count). The van der Waals surface area contributed by atoms with Gasteiger partial charge in [0.25, 0.3) is 0 Å². The number of aromatic carboxylic acids is 1. The van der Waals surface area contributed by atoms with E-state index in [2.05, 4.69) is 21.1 Å². The average Bonchev–Trinajstić information content (AvgIpc) is 2.95. The number of halogens is 1. The number of nitrogens with zero attached hydrogens (tertiary/aromatic N) is 1. The Balaban J connectivity index is 2.13. The number of rotatable bonds is 2. The molecule has 0 fully saturated rings. The molecule has 1 N–H and O–H groups in total. The summed E-state index contributed by atoms with van der Waals surface area (Å²) in [5.41, 5.74) is 1.00. The van der Waals surface area contributed by atoms with Crippen LogP contribution in [0.5, 0.6) is 11.5 Å². The van der Waals surface area contributed by atoms with Gasteiger partial charge in [0, 0.05) is 10.5 Å². The van der Waals surface area contributed by atoms with Gasteiger partial charge in [-0.15, -0.1) is 0 Å². The lowest BCUT2D eigenvalue weighted by molar-refractivity contribution is 0.0652. The third kappa shape index (κ3) is 1.72. The molecule has 1 aromatic carbocycles. The Labute approximate surface area is 109 Å². The molecule has 0 atom stereocenters. The zero-order chi connectivity index (χ0) is 12.7. The van der Waals surface area contributed by atoms with Gasteiger partial charge in [-0.25, -0.2) is 4.79 Å². The minimum atomic E-state index is -1.17. The van der Waals surface area contributed by atoms with Gasteiger partial charge >= 0.3 is 5.97 Å². The Kier molecular flexibility index (Phi) is 2.48. The number of benzene rings is 1. The van der Waals surface area contributed by atoms with Crippen LogP contribution in [0.4, 0.5) is 0 Å². The zero-order valence-corrected chi connectivity index (χ0v) is 10.4. The maximum absolute atomic E-state index is 10.7. The van der Waals surface area contributed by atoms with Crippen LogP contribution in [0.2, 0.25) is 0 Å². The fourth-order valence-corrected chi connectivity index (χ4v) is 2.11. The van der Waals surface area contributed by atoms with E-state index in [-0.39, 0.29) is 12.6 Å². The highest BCUT2D eigenvalue weighted by Gasteiger charge is 2.23. The van der Waals surface area contributed by atoms with Crippen LogP contribution in [0, 0.1) is 0 Å². The van der Waals surface area contributed by atoms with Crippen molar-refractivity contribution in [1.29, 1.82) is 0 Å². The molecule has 1 aromatic heterocycles. The van der Waals surface area contributed by atoms with E-state index >= 15 is 0 Å². The number of fused-ring (bicyclic) bond motifs is 1. The first kappa shape index (κ1) is 11.1. The summed E-state index contributed by atoms with van der Waals surface area (Å²) in [6, 6.07) is 4.87. The molecule has 0 unspecified atom stereocenters. The minimum Gasteiger partial charge on any atom is -0.475 e. The summed E-state index contributed by atoms with van der Waals surface area (Å²) >= 11 is 3.34. The van der Waals surface area contributed by atoms with Crippen LogP contribution >= 0.6 is 15.9 Å². The third-order valence-electron chi connectivity index (χ3n) is 2.43. The Morgan fingerprint density at radius 2 is 2.17 bits per heavy atom. The Bertz CT molecular complexity index is 636. The van der Waals surface area contributed by atoms with Crippen LogP contribution in [0.3, 0.4) is 0 Å². The van der Waals surface area contributed by atoms with Gasteiger partial charge in [0.1, 0.15) is 5.69 Å². The first-order valence-electron chi connectivity index (χ1n) is 4.94. The van der Waals surface area contributed by atoms with Gasteiger partial charge in [0.2, 0.25) is 12.6 Å². The Morgan fingerprint density at radius 1 is 1.33 bits per heavy atom. The van der Waals surface area contributed by atoms with E-state index in [1.807, 2.05) is 0 Å². The van der Waals surface area contributed by atoms with Crippen LogP contribution in [0.15, 0.2) is 27.2 Å². The normalized spacial score (nSPS) is 12.7. The van der Waals surface area contributed by atoms with Crippen molar-refractivity contribution in [2.24, 2.45) is 0 Å². The van der Waals surface area contributed by atoms with Crippen molar-refractivity contribution < 1.29 is 23.9 Å². The van der Waals surface area contributed by atoms with Gasteiger partial charge in [-0.3, -0.25) is 0 Å². The molecule has 1 aliphatic heterocycles. The maximum atomic E-state index is 10.7. The van der Waals surface area contributed by atoms with Crippen LogP contribution in [-0.2, 0) is 0 Å². The van der Waals surface area contributed by atoms with Crippen LogP contribution < -0.4 is 9.47 Å². The summed E-state index contributed by atoms with van der Waals surface area (Å²) in [6.45, 7) is 0.127. The Morgan fingerprint density at radius 3 is 2.89 bits per heavy atom. The number of carboxylic acid groups (broad SMARTS) is 1. The molecule has 2 aromatic rings. The number of aromatic nitrogens is 1. The number of hydrogen-bond acceptors (Lipinski definition) is 5. The van der Waals surface area contributed by atoms with E-state index in [1.165, 1.54) is 6.07 Å². The van der Waals surface area contributed by atoms with Crippen molar-refractivity contribution in [2.75, 3.05) is 6.79 Å². The topological polar surface area (TPSA) is 81.8 Å². The summed E-state index contributed by atoms with van der Waals surface area (Å²) in [6.07, 6.45) is 0. The Hall–Kier alpha value is -2.02. The van der Waals surface area contributed by atoms with Crippen LogP contribution in [0.1, 0.15) is 10.6 Å². The van der Waals surface area contributed by atoms with E-state index in [1.54, 1.807) is 12.1 Å². The summed E-state index contributed by atoms with van der Waals surface area (Å²) in [5, 5.41) is 12.5. The van der Waals surface area contributed by atoms with Gasteiger partial charge in [-0.05, 0) is 12.1 Å². The van der Waals surface area contributed by atoms with Gasteiger partial charge in [0.05, 0.1) is 5.56 Å². The van der Waals surface area contributed by atoms with Gasteiger partial charge in [-0.2, -0.15) is 0 Å². The summed E-state index contributed by atoms with van der Waals surface area (Å²) < 4.78 is 16.1. The van der Waals surface area contributed by atoms with E-state index in [0.29, 0.717) is 22.8 Å². The molecule has 1 aliphatic rings. The SMILES string of the molecule is O=C(O)c1cc(-c2cc(Br)cc3c2OCO3)no1. The van der Waals surface area contributed by atoms with E-state index < -0.39 is 5.97 Å². The highest BCUT2D eigenvalue weighted by atomic mass is 79.9. The molecule has 92 valence electrons. The van der Waals surface area contributed by atoms with Crippen molar-refractivity contribution in [2.45, 2.75) is 0 Å². The second-order valence-corrected chi connectivity index (χ2v) is 4.48. The van der Waals surface area contributed by atoms with Crippen molar-refractivity contribution in [3.05, 3.63) is 28.4 Å². The first-order chi connectivity index (χ1) is 8.65. The van der Waals surface area contributed by atoms with E-state index in [9.17, 15) is 4.79 Å². The van der Waals surface area contributed by atoms with E-state index in [4.69, 9.17) is 19.1 Å². The van der Waals surface area contributed by atoms with E-state index in [0.717, 1.165) is 4.47 Å². The molecule has 18 heavy (non-hydrogen) atoms. The van der Waals surface area contributed by atoms with Gasteiger partial charge < -0.3 is 19.1 Å². The molecule has 2 heterocycles. The second kappa shape index (κ2) is 4.02. The quantitative estimate of drug-likeness (QED) is 0.917. The van der Waals surface area contributed by atoms with Crippen molar-refractivity contribution in [1.82, 2.24) is 5.16 Å². The van der Waals surface area contributed by atoms with Crippen molar-refractivity contribution in [3.63, 3.8) is 0 Å². The lowest BCUT2D eigenvalue weighted by Gasteiger charge is -2.02. The molecule has 0 radical (unpaired) electrons. The lowest BCUT2D eigenvalue weighted by atomic mass is 10.1. The second-order valence-electron chi connectivity index (χ2n) is 3.57. The summed E-state index contributed by atoms with van der Waals surface area (Å²) in [5.74, 6) is -0.280. The summed E-state index contributed by atoms with van der Waals surface area (Å²) in [4.78, 5) is 10.7. The molecule has 0 spiro atoms. The average molecular weight is 312 g/mol. The lowest BCUT2D eigenvalue weighted by Crippen LogP contribution is -1.93. The van der Waals surface area contributed by atoms with Crippen LogP contribution in [0.25, 0.3) is 11.3 Å². The highest BCUT2D eigenvalue weighted by molar-refractivity contribution is 9.10. The molecule has 0 saturated heterocycles. The predicted molar refractivity (Wildman–Crippen MR) is 62.7 cm³/mol. The van der Waals surface area contributed by atoms with Gasteiger partial charge in [0.15, 0.2) is 11.5 Å². The highest BCUT2D eigenvalue weighted by Crippen LogP contribution is 2.43. The molecule has 0 amide bonds. The number of carbonyl (C=O) groups is 1. The zero-order valence-electron chi connectivity index (χ0n) is 8.84. The largest absolute Gasteiger partial charge is 0.475 e. The minimum absolute atomic E-state index is 0.127.